The van der Waals surface area contributed by atoms with E-state index in [1.165, 1.54) is 12.1 Å². The highest BCUT2D eigenvalue weighted by atomic mass is 16.6. The van der Waals surface area contributed by atoms with Gasteiger partial charge in [0.25, 0.3) is 11.6 Å². The number of carbonyl (C=O) groups excluding carboxylic acids is 2. The Morgan fingerprint density at radius 1 is 1.20 bits per heavy atom. The molecule has 178 valence electrons. The minimum Gasteiger partial charge on any atom is -0.443 e. The van der Waals surface area contributed by atoms with Crippen LogP contribution >= 0.6 is 0 Å². The molecule has 3 aromatic rings. The van der Waals surface area contributed by atoms with E-state index in [2.05, 4.69) is 10.3 Å². The lowest BCUT2D eigenvalue weighted by molar-refractivity contribution is -0.384. The van der Waals surface area contributed by atoms with E-state index in [0.717, 1.165) is 27.1 Å². The zero-order valence-electron chi connectivity index (χ0n) is 19.6. The van der Waals surface area contributed by atoms with E-state index in [9.17, 15) is 19.7 Å². The number of amides is 2. The summed E-state index contributed by atoms with van der Waals surface area (Å²) in [5, 5.41) is 15.8. The maximum atomic E-state index is 13.7. The summed E-state index contributed by atoms with van der Waals surface area (Å²) in [6.07, 6.45) is 1.41. The molecule has 2 aliphatic heterocycles. The van der Waals surface area contributed by atoms with Crippen molar-refractivity contribution in [1.82, 2.24) is 9.88 Å². The average molecular weight is 473 g/mol. The lowest BCUT2D eigenvalue weighted by Crippen LogP contribution is -2.47. The van der Waals surface area contributed by atoms with E-state index in [-0.39, 0.29) is 12.2 Å². The van der Waals surface area contributed by atoms with Crippen molar-refractivity contribution >= 4 is 34.3 Å². The maximum absolute atomic E-state index is 13.7. The summed E-state index contributed by atoms with van der Waals surface area (Å²) in [5.41, 5.74) is 3.23. The molecule has 2 amide bonds. The smallest absolute Gasteiger partial charge is 0.417 e. The molecule has 0 saturated heterocycles. The number of aromatic nitrogens is 1. The molecule has 0 saturated carbocycles. The fourth-order valence-electron chi connectivity index (χ4n) is 4.67. The number of hydrogen-bond acceptors (Lipinski definition) is 7. The van der Waals surface area contributed by atoms with Crippen molar-refractivity contribution in [3.63, 3.8) is 0 Å². The normalized spacial score (nSPS) is 17.5. The number of nitrogens with one attached hydrogen (secondary N) is 1. The van der Waals surface area contributed by atoms with Gasteiger partial charge in [-0.3, -0.25) is 19.9 Å². The number of nitrogens with zero attached hydrogens (tertiary/aromatic N) is 3. The standard InChI is InChI=1S/C26H24N4O5/c1-26(2,3)35-25(32)29-13-11-20-22(24(29)31)21(15-6-4-7-16(14-15)30(33)34)18-9-10-19-17(23(18)28-20)8-5-12-27-19/h4-10,12,14,21,28H,11,13H2,1-3H3. The van der Waals surface area contributed by atoms with E-state index < -0.39 is 28.4 Å². The van der Waals surface area contributed by atoms with Crippen molar-refractivity contribution < 1.29 is 19.2 Å². The van der Waals surface area contributed by atoms with Crippen LogP contribution in [0, 0.1) is 10.1 Å². The van der Waals surface area contributed by atoms with Crippen molar-refractivity contribution in [2.45, 2.75) is 38.7 Å². The van der Waals surface area contributed by atoms with E-state index in [0.29, 0.717) is 23.3 Å². The first kappa shape index (κ1) is 22.5. The molecular weight excluding hydrogens is 448 g/mol. The maximum Gasteiger partial charge on any atom is 0.417 e. The molecule has 0 aliphatic carbocycles. The van der Waals surface area contributed by atoms with Crippen LogP contribution in [0.2, 0.25) is 0 Å². The van der Waals surface area contributed by atoms with Gasteiger partial charge in [-0.15, -0.1) is 0 Å². The number of nitro benzene ring substituents is 1. The van der Waals surface area contributed by atoms with Crippen LogP contribution in [0.4, 0.5) is 16.2 Å². The number of ether oxygens (including phenoxy) is 1. The summed E-state index contributed by atoms with van der Waals surface area (Å²) in [6, 6.07) is 13.8. The summed E-state index contributed by atoms with van der Waals surface area (Å²) < 4.78 is 5.47. The first-order valence-corrected chi connectivity index (χ1v) is 11.3. The molecule has 5 rings (SSSR count). The second kappa shape index (κ2) is 8.19. The van der Waals surface area contributed by atoms with Gasteiger partial charge in [-0.05, 0) is 50.1 Å². The Balaban J connectivity index is 1.68. The van der Waals surface area contributed by atoms with Crippen molar-refractivity contribution in [2.75, 3.05) is 11.9 Å². The van der Waals surface area contributed by atoms with Gasteiger partial charge in [-0.1, -0.05) is 18.2 Å². The van der Waals surface area contributed by atoms with Crippen LogP contribution in [0.5, 0.6) is 0 Å². The summed E-state index contributed by atoms with van der Waals surface area (Å²) in [6.45, 7) is 5.40. The Morgan fingerprint density at radius 3 is 2.74 bits per heavy atom. The van der Waals surface area contributed by atoms with Crippen LogP contribution in [0.3, 0.4) is 0 Å². The third-order valence-electron chi connectivity index (χ3n) is 6.11. The topological polar surface area (TPSA) is 115 Å². The van der Waals surface area contributed by atoms with Gasteiger partial charge in [-0.2, -0.15) is 0 Å². The fourth-order valence-corrected chi connectivity index (χ4v) is 4.67. The van der Waals surface area contributed by atoms with Gasteiger partial charge in [0.2, 0.25) is 0 Å². The minimum absolute atomic E-state index is 0.0700. The monoisotopic (exact) mass is 472 g/mol. The Morgan fingerprint density at radius 2 is 2.00 bits per heavy atom. The largest absolute Gasteiger partial charge is 0.443 e. The first-order chi connectivity index (χ1) is 16.6. The average Bonchev–Trinajstić information content (AvgIpc) is 2.81. The zero-order valence-corrected chi connectivity index (χ0v) is 19.6. The lowest BCUT2D eigenvalue weighted by atomic mass is 9.77. The molecular formula is C26H24N4O5. The Bertz CT molecular complexity index is 1420. The Labute approximate surface area is 201 Å². The van der Waals surface area contributed by atoms with Gasteiger partial charge in [-0.25, -0.2) is 9.69 Å². The van der Waals surface area contributed by atoms with E-state index in [4.69, 9.17) is 4.74 Å². The van der Waals surface area contributed by atoms with Gasteiger partial charge in [0, 0.05) is 53.9 Å². The van der Waals surface area contributed by atoms with Gasteiger partial charge in [0.1, 0.15) is 5.60 Å². The highest BCUT2D eigenvalue weighted by Gasteiger charge is 2.42. The van der Waals surface area contributed by atoms with Crippen LogP contribution in [-0.2, 0) is 9.53 Å². The predicted octanol–water partition coefficient (Wildman–Crippen LogP) is 5.12. The van der Waals surface area contributed by atoms with E-state index in [1.54, 1.807) is 39.1 Å². The van der Waals surface area contributed by atoms with Crippen LogP contribution < -0.4 is 5.32 Å². The number of hydrogen-bond donors (Lipinski definition) is 1. The summed E-state index contributed by atoms with van der Waals surface area (Å²) >= 11 is 0. The SMILES string of the molecule is CC(C)(C)OC(=O)N1CCC2=C(C1=O)C(c1cccc([N+](=O)[O-])c1)c1ccc3ncccc3c1N2. The van der Waals surface area contributed by atoms with E-state index in [1.807, 2.05) is 24.3 Å². The van der Waals surface area contributed by atoms with Gasteiger partial charge in [0.05, 0.1) is 16.1 Å². The second-order valence-electron chi connectivity index (χ2n) is 9.59. The summed E-state index contributed by atoms with van der Waals surface area (Å²) in [5.74, 6) is -1.08. The molecule has 0 spiro atoms. The number of rotatable bonds is 2. The number of nitro groups is 1. The molecule has 1 N–H and O–H groups in total. The molecule has 1 aromatic heterocycles. The lowest BCUT2D eigenvalue weighted by Gasteiger charge is -2.38. The first-order valence-electron chi connectivity index (χ1n) is 11.3. The van der Waals surface area contributed by atoms with Crippen molar-refractivity contribution in [2.24, 2.45) is 0 Å². The number of benzene rings is 2. The molecule has 1 unspecified atom stereocenters. The minimum atomic E-state index is -0.755. The molecule has 2 aliphatic rings. The highest BCUT2D eigenvalue weighted by molar-refractivity contribution is 6.08. The Hall–Kier alpha value is -4.27. The van der Waals surface area contributed by atoms with Gasteiger partial charge in [0.15, 0.2) is 0 Å². The van der Waals surface area contributed by atoms with Crippen LogP contribution in [0.1, 0.15) is 44.2 Å². The number of anilines is 1. The van der Waals surface area contributed by atoms with Crippen LogP contribution in [0.25, 0.3) is 10.9 Å². The van der Waals surface area contributed by atoms with Crippen LogP contribution in [0.15, 0.2) is 66.0 Å². The molecule has 2 aromatic carbocycles. The van der Waals surface area contributed by atoms with Crippen molar-refractivity contribution in [3.05, 3.63) is 87.2 Å². The second-order valence-corrected chi connectivity index (χ2v) is 9.59. The number of fused-ring (bicyclic) bond motifs is 3. The molecule has 9 nitrogen and oxygen atoms in total. The molecule has 0 radical (unpaired) electrons. The molecule has 35 heavy (non-hydrogen) atoms. The predicted molar refractivity (Wildman–Crippen MR) is 130 cm³/mol. The van der Waals surface area contributed by atoms with Crippen LogP contribution in [-0.4, -0.2) is 39.0 Å². The van der Waals surface area contributed by atoms with Crippen molar-refractivity contribution in [3.8, 4) is 0 Å². The molecule has 0 bridgehead atoms. The molecule has 1 atom stereocenters. The van der Waals surface area contributed by atoms with Gasteiger partial charge < -0.3 is 10.1 Å². The highest BCUT2D eigenvalue weighted by Crippen LogP contribution is 2.47. The number of carbonyl (C=O) groups is 2. The third kappa shape index (κ3) is 3.99. The number of pyridine rings is 1. The quantitative estimate of drug-likeness (QED) is 0.406. The zero-order chi connectivity index (χ0) is 24.9. The Kier molecular flexibility index (Phi) is 5.27. The molecule has 9 heteroatoms. The summed E-state index contributed by atoms with van der Waals surface area (Å²) in [4.78, 5) is 43.2. The van der Waals surface area contributed by atoms with Crippen molar-refractivity contribution in [1.29, 1.82) is 0 Å². The summed E-state index contributed by atoms with van der Waals surface area (Å²) in [7, 11) is 0. The third-order valence-corrected chi connectivity index (χ3v) is 6.11. The van der Waals surface area contributed by atoms with E-state index >= 15 is 0 Å². The van der Waals surface area contributed by atoms with Gasteiger partial charge >= 0.3 is 6.09 Å². The number of non-ortho nitro benzene ring substituents is 1. The number of imide groups is 1. The fraction of sp³-hybridized carbons (Fsp3) is 0.269. The molecule has 3 heterocycles. The molecule has 0 fully saturated rings.